The Kier molecular flexibility index (Phi) is 2.58. The molecule has 2 rings (SSSR count). The number of benzene rings is 1. The number of aromatic carboxylic acids is 1. The molecule has 1 heterocycles. The molecule has 1 aromatic carbocycles. The molecule has 0 atom stereocenters. The van der Waals surface area contributed by atoms with Crippen LogP contribution in [0.4, 0.5) is 4.39 Å². The van der Waals surface area contributed by atoms with Gasteiger partial charge in [0.1, 0.15) is 11.9 Å². The van der Waals surface area contributed by atoms with Crippen LogP contribution < -0.4 is 0 Å². The monoisotopic (exact) mass is 231 g/mol. The van der Waals surface area contributed by atoms with Gasteiger partial charge in [-0.2, -0.15) is 10.4 Å². The summed E-state index contributed by atoms with van der Waals surface area (Å²) in [5.74, 6) is -1.65. The fourth-order valence-corrected chi connectivity index (χ4v) is 1.36. The number of nitrogens with zero attached hydrogens (tertiary/aromatic N) is 3. The largest absolute Gasteiger partial charge is 0.478 e. The molecule has 0 spiro atoms. The van der Waals surface area contributed by atoms with E-state index in [0.29, 0.717) is 5.69 Å². The number of rotatable bonds is 2. The van der Waals surface area contributed by atoms with E-state index in [1.54, 1.807) is 0 Å². The summed E-state index contributed by atoms with van der Waals surface area (Å²) in [6, 6.07) is 5.44. The smallest absolute Gasteiger partial charge is 0.338 e. The molecule has 1 N–H and O–H groups in total. The third-order valence-corrected chi connectivity index (χ3v) is 2.16. The van der Waals surface area contributed by atoms with Gasteiger partial charge in [-0.15, -0.1) is 0 Å². The molecule has 0 aliphatic carbocycles. The Bertz CT molecular complexity index is 628. The molecule has 1 aromatic heterocycles. The number of halogens is 1. The van der Waals surface area contributed by atoms with E-state index in [9.17, 15) is 9.18 Å². The summed E-state index contributed by atoms with van der Waals surface area (Å²) in [6.07, 6.45) is 2.42. The van der Waals surface area contributed by atoms with Crippen LogP contribution in [0.15, 0.2) is 30.6 Å². The van der Waals surface area contributed by atoms with Crippen LogP contribution in [0.25, 0.3) is 5.69 Å². The fourth-order valence-electron chi connectivity index (χ4n) is 1.36. The molecule has 0 radical (unpaired) electrons. The summed E-state index contributed by atoms with van der Waals surface area (Å²) in [5, 5.41) is 21.4. The van der Waals surface area contributed by atoms with Crippen molar-refractivity contribution in [1.82, 2.24) is 9.78 Å². The van der Waals surface area contributed by atoms with Crippen molar-refractivity contribution >= 4 is 5.97 Å². The van der Waals surface area contributed by atoms with Crippen molar-refractivity contribution in [1.29, 1.82) is 5.26 Å². The molecular weight excluding hydrogens is 225 g/mol. The van der Waals surface area contributed by atoms with E-state index >= 15 is 0 Å². The summed E-state index contributed by atoms with van der Waals surface area (Å²) in [4.78, 5) is 10.7. The van der Waals surface area contributed by atoms with E-state index in [-0.39, 0.29) is 11.1 Å². The lowest BCUT2D eigenvalue weighted by Gasteiger charge is -2.03. The molecule has 0 unspecified atom stereocenters. The van der Waals surface area contributed by atoms with Crippen LogP contribution in [-0.4, -0.2) is 20.9 Å². The van der Waals surface area contributed by atoms with Gasteiger partial charge in [0.25, 0.3) is 0 Å². The van der Waals surface area contributed by atoms with Crippen LogP contribution in [0.2, 0.25) is 0 Å². The Hall–Kier alpha value is -2.68. The maximum absolute atomic E-state index is 12.9. The zero-order chi connectivity index (χ0) is 12.4. The molecule has 0 saturated heterocycles. The molecule has 0 aliphatic rings. The number of hydrogen-bond acceptors (Lipinski definition) is 3. The second-order valence-corrected chi connectivity index (χ2v) is 3.25. The van der Waals surface area contributed by atoms with E-state index in [4.69, 9.17) is 10.4 Å². The Labute approximate surface area is 95.3 Å². The van der Waals surface area contributed by atoms with Crippen LogP contribution in [0.1, 0.15) is 15.9 Å². The van der Waals surface area contributed by atoms with Gasteiger partial charge in [0.15, 0.2) is 0 Å². The summed E-state index contributed by atoms with van der Waals surface area (Å²) >= 11 is 0. The number of carbonyl (C=O) groups is 1. The van der Waals surface area contributed by atoms with Crippen LogP contribution in [-0.2, 0) is 0 Å². The standard InChI is InChI=1S/C11H6FN3O2/c12-9-1-2-10(7(3-9)4-13)15-6-8(5-14-15)11(16)17/h1-3,5-6H,(H,16,17). The molecule has 0 saturated carbocycles. The van der Waals surface area contributed by atoms with Gasteiger partial charge in [-0.3, -0.25) is 0 Å². The number of nitriles is 1. The first-order valence-corrected chi connectivity index (χ1v) is 4.60. The highest BCUT2D eigenvalue weighted by atomic mass is 19.1. The van der Waals surface area contributed by atoms with Gasteiger partial charge >= 0.3 is 5.97 Å². The Morgan fingerprint density at radius 3 is 2.88 bits per heavy atom. The van der Waals surface area contributed by atoms with Crippen molar-refractivity contribution in [2.45, 2.75) is 0 Å². The van der Waals surface area contributed by atoms with Gasteiger partial charge in [0, 0.05) is 6.20 Å². The van der Waals surface area contributed by atoms with Gasteiger partial charge in [0.2, 0.25) is 0 Å². The van der Waals surface area contributed by atoms with Gasteiger partial charge in [0.05, 0.1) is 23.0 Å². The van der Waals surface area contributed by atoms with Crippen molar-refractivity contribution in [3.05, 3.63) is 47.5 Å². The van der Waals surface area contributed by atoms with Crippen molar-refractivity contribution in [2.75, 3.05) is 0 Å². The van der Waals surface area contributed by atoms with Crippen molar-refractivity contribution in [3.63, 3.8) is 0 Å². The van der Waals surface area contributed by atoms with E-state index in [1.807, 2.05) is 6.07 Å². The van der Waals surface area contributed by atoms with Crippen LogP contribution in [0.5, 0.6) is 0 Å². The second kappa shape index (κ2) is 4.06. The summed E-state index contributed by atoms with van der Waals surface area (Å²) < 4.78 is 14.1. The number of carboxylic acids is 1. The quantitative estimate of drug-likeness (QED) is 0.850. The third kappa shape index (κ3) is 1.99. The van der Waals surface area contributed by atoms with Crippen LogP contribution >= 0.6 is 0 Å². The molecule has 2 aromatic rings. The minimum atomic E-state index is -1.11. The molecule has 6 heteroatoms. The topological polar surface area (TPSA) is 78.9 Å². The summed E-state index contributed by atoms with van der Waals surface area (Å²) in [7, 11) is 0. The maximum Gasteiger partial charge on any atom is 0.338 e. The molecule has 0 fully saturated rings. The molecule has 84 valence electrons. The second-order valence-electron chi connectivity index (χ2n) is 3.25. The Morgan fingerprint density at radius 2 is 2.29 bits per heavy atom. The zero-order valence-electron chi connectivity index (χ0n) is 8.46. The highest BCUT2D eigenvalue weighted by Crippen LogP contribution is 2.15. The molecule has 0 amide bonds. The molecule has 17 heavy (non-hydrogen) atoms. The highest BCUT2D eigenvalue weighted by molar-refractivity contribution is 5.87. The van der Waals surface area contributed by atoms with Gasteiger partial charge < -0.3 is 5.11 Å². The summed E-state index contributed by atoms with van der Waals surface area (Å²) in [6.45, 7) is 0. The first-order chi connectivity index (χ1) is 8.11. The van der Waals surface area contributed by atoms with E-state index in [1.165, 1.54) is 23.0 Å². The lowest BCUT2D eigenvalue weighted by Crippen LogP contribution is -1.99. The number of aromatic nitrogens is 2. The highest BCUT2D eigenvalue weighted by Gasteiger charge is 2.10. The molecule has 5 nitrogen and oxygen atoms in total. The predicted octanol–water partition coefficient (Wildman–Crippen LogP) is 1.58. The third-order valence-electron chi connectivity index (χ3n) is 2.16. The zero-order valence-corrected chi connectivity index (χ0v) is 8.46. The average molecular weight is 231 g/mol. The number of carboxylic acid groups (broad SMARTS) is 1. The van der Waals surface area contributed by atoms with Crippen molar-refractivity contribution < 1.29 is 14.3 Å². The van der Waals surface area contributed by atoms with Gasteiger partial charge in [-0.25, -0.2) is 13.9 Å². The van der Waals surface area contributed by atoms with E-state index < -0.39 is 11.8 Å². The van der Waals surface area contributed by atoms with Crippen LogP contribution in [0.3, 0.4) is 0 Å². The van der Waals surface area contributed by atoms with Gasteiger partial charge in [-0.05, 0) is 18.2 Å². The predicted molar refractivity (Wildman–Crippen MR) is 55.2 cm³/mol. The van der Waals surface area contributed by atoms with Crippen molar-refractivity contribution in [3.8, 4) is 11.8 Å². The fraction of sp³-hybridized carbons (Fsp3) is 0. The minimum absolute atomic E-state index is 0.00165. The lowest BCUT2D eigenvalue weighted by molar-refractivity contribution is 0.0697. The van der Waals surface area contributed by atoms with Crippen LogP contribution in [0, 0.1) is 17.1 Å². The molecule has 0 aliphatic heterocycles. The van der Waals surface area contributed by atoms with E-state index in [0.717, 1.165) is 12.3 Å². The number of hydrogen-bond donors (Lipinski definition) is 1. The average Bonchev–Trinajstić information content (AvgIpc) is 2.78. The Morgan fingerprint density at radius 1 is 1.53 bits per heavy atom. The maximum atomic E-state index is 12.9. The first kappa shape index (κ1) is 10.8. The molecular formula is C11H6FN3O2. The normalized spacial score (nSPS) is 9.88. The van der Waals surface area contributed by atoms with Crippen molar-refractivity contribution in [2.24, 2.45) is 0 Å². The minimum Gasteiger partial charge on any atom is -0.478 e. The lowest BCUT2D eigenvalue weighted by atomic mass is 10.2. The van der Waals surface area contributed by atoms with E-state index in [2.05, 4.69) is 5.10 Å². The van der Waals surface area contributed by atoms with Gasteiger partial charge in [-0.1, -0.05) is 0 Å². The Balaban J connectivity index is 2.53. The first-order valence-electron chi connectivity index (χ1n) is 4.60. The molecule has 0 bridgehead atoms. The SMILES string of the molecule is N#Cc1cc(F)ccc1-n1cc(C(=O)O)cn1. The summed E-state index contributed by atoms with van der Waals surface area (Å²) in [5.41, 5.74) is 0.421.